The Bertz CT molecular complexity index is 667. The zero-order chi connectivity index (χ0) is 16.1. The molecule has 1 aromatic carbocycles. The van der Waals surface area contributed by atoms with Gasteiger partial charge < -0.3 is 15.0 Å². The fourth-order valence-corrected chi connectivity index (χ4v) is 2.45. The van der Waals surface area contributed by atoms with Crippen LogP contribution in [-0.4, -0.2) is 42.4 Å². The van der Waals surface area contributed by atoms with Crippen LogP contribution in [0.5, 0.6) is 0 Å². The van der Waals surface area contributed by atoms with Gasteiger partial charge in [0.25, 0.3) is 0 Å². The lowest BCUT2D eigenvalue weighted by molar-refractivity contribution is -0.115. The van der Waals surface area contributed by atoms with Gasteiger partial charge in [0.15, 0.2) is 5.82 Å². The summed E-state index contributed by atoms with van der Waals surface area (Å²) in [5.74, 6) is 0.864. The van der Waals surface area contributed by atoms with Gasteiger partial charge in [0.2, 0.25) is 5.91 Å². The number of hydrogen-bond acceptors (Lipinski definition) is 5. The lowest BCUT2D eigenvalue weighted by atomic mass is 10.1. The quantitative estimate of drug-likeness (QED) is 0.938. The monoisotopic (exact) mass is 312 g/mol. The van der Waals surface area contributed by atoms with Gasteiger partial charge in [-0.15, -0.1) is 10.2 Å². The van der Waals surface area contributed by atoms with Crippen LogP contribution in [0.4, 0.5) is 11.5 Å². The van der Waals surface area contributed by atoms with E-state index in [0.717, 1.165) is 49.1 Å². The number of anilines is 2. The molecule has 0 saturated carbocycles. The molecule has 1 aliphatic rings. The smallest absolute Gasteiger partial charge is 0.224 e. The predicted molar refractivity (Wildman–Crippen MR) is 89.4 cm³/mol. The number of carbonyl (C=O) groups excluding carboxylic acids is 1. The van der Waals surface area contributed by atoms with E-state index >= 15 is 0 Å². The van der Waals surface area contributed by atoms with Gasteiger partial charge in [-0.3, -0.25) is 4.79 Å². The molecule has 0 bridgehead atoms. The molecule has 1 aromatic heterocycles. The van der Waals surface area contributed by atoms with Crippen molar-refractivity contribution in [2.75, 3.05) is 36.5 Å². The fourth-order valence-electron chi connectivity index (χ4n) is 2.45. The molecule has 1 N–H and O–H groups in total. The zero-order valence-electron chi connectivity index (χ0n) is 13.2. The first-order chi connectivity index (χ1) is 11.3. The largest absolute Gasteiger partial charge is 0.378 e. The number of carbonyl (C=O) groups is 1. The van der Waals surface area contributed by atoms with Gasteiger partial charge in [-0.05, 0) is 24.3 Å². The summed E-state index contributed by atoms with van der Waals surface area (Å²) in [6.07, 6.45) is 0.457. The van der Waals surface area contributed by atoms with E-state index in [-0.39, 0.29) is 5.91 Å². The number of benzene rings is 1. The third-order valence-corrected chi connectivity index (χ3v) is 3.75. The predicted octanol–water partition coefficient (Wildman–Crippen LogP) is 2.33. The molecule has 6 heteroatoms. The Morgan fingerprint density at radius 1 is 1.22 bits per heavy atom. The first-order valence-corrected chi connectivity index (χ1v) is 7.83. The number of morpholine rings is 1. The van der Waals surface area contributed by atoms with Crippen LogP contribution in [-0.2, 0) is 9.53 Å². The Balaban J connectivity index is 1.76. The van der Waals surface area contributed by atoms with E-state index < -0.39 is 0 Å². The molecule has 23 heavy (non-hydrogen) atoms. The molecule has 1 fully saturated rings. The normalized spacial score (nSPS) is 14.6. The van der Waals surface area contributed by atoms with Crippen molar-refractivity contribution >= 4 is 17.4 Å². The lowest BCUT2D eigenvalue weighted by Crippen LogP contribution is -2.36. The second-order valence-corrected chi connectivity index (χ2v) is 5.36. The molecular weight excluding hydrogens is 292 g/mol. The van der Waals surface area contributed by atoms with Gasteiger partial charge >= 0.3 is 0 Å². The summed E-state index contributed by atoms with van der Waals surface area (Å²) < 4.78 is 5.34. The first-order valence-electron chi connectivity index (χ1n) is 7.83. The highest BCUT2D eigenvalue weighted by Gasteiger charge is 2.13. The minimum atomic E-state index is -0.00380. The van der Waals surface area contributed by atoms with Crippen molar-refractivity contribution in [3.8, 4) is 11.3 Å². The van der Waals surface area contributed by atoms with Crippen molar-refractivity contribution in [3.05, 3.63) is 36.4 Å². The third kappa shape index (κ3) is 3.84. The van der Waals surface area contributed by atoms with Crippen LogP contribution >= 0.6 is 0 Å². The topological polar surface area (TPSA) is 67.4 Å². The van der Waals surface area contributed by atoms with Crippen LogP contribution in [0.2, 0.25) is 0 Å². The SMILES string of the molecule is CCC(=O)Nc1cccc(-c2ccc(N3CCOCC3)nn2)c1. The van der Waals surface area contributed by atoms with Crippen molar-refractivity contribution in [1.82, 2.24) is 10.2 Å². The third-order valence-electron chi connectivity index (χ3n) is 3.75. The highest BCUT2D eigenvalue weighted by atomic mass is 16.5. The van der Waals surface area contributed by atoms with Gasteiger partial charge in [0, 0.05) is 30.8 Å². The number of amides is 1. The molecular formula is C17H20N4O2. The Hall–Kier alpha value is -2.47. The summed E-state index contributed by atoms with van der Waals surface area (Å²) in [4.78, 5) is 13.7. The van der Waals surface area contributed by atoms with E-state index in [0.29, 0.717) is 6.42 Å². The van der Waals surface area contributed by atoms with Crippen molar-refractivity contribution in [2.45, 2.75) is 13.3 Å². The van der Waals surface area contributed by atoms with Crippen LogP contribution < -0.4 is 10.2 Å². The molecule has 0 unspecified atom stereocenters. The molecule has 1 amide bonds. The second-order valence-electron chi connectivity index (χ2n) is 5.36. The minimum Gasteiger partial charge on any atom is -0.378 e. The zero-order valence-corrected chi connectivity index (χ0v) is 13.2. The van der Waals surface area contributed by atoms with Crippen molar-refractivity contribution in [3.63, 3.8) is 0 Å². The Morgan fingerprint density at radius 2 is 2.04 bits per heavy atom. The van der Waals surface area contributed by atoms with Crippen molar-refractivity contribution < 1.29 is 9.53 Å². The Morgan fingerprint density at radius 3 is 2.74 bits per heavy atom. The van der Waals surface area contributed by atoms with E-state index in [1.54, 1.807) is 0 Å². The number of rotatable bonds is 4. The number of aromatic nitrogens is 2. The minimum absolute atomic E-state index is 0.00380. The molecule has 0 atom stereocenters. The maximum Gasteiger partial charge on any atom is 0.224 e. The maximum absolute atomic E-state index is 11.5. The van der Waals surface area contributed by atoms with Crippen LogP contribution in [0.25, 0.3) is 11.3 Å². The first kappa shape index (κ1) is 15.4. The highest BCUT2D eigenvalue weighted by Crippen LogP contribution is 2.22. The number of nitrogens with one attached hydrogen (secondary N) is 1. The van der Waals surface area contributed by atoms with Gasteiger partial charge in [0.05, 0.1) is 18.9 Å². The molecule has 0 radical (unpaired) electrons. The van der Waals surface area contributed by atoms with E-state index in [2.05, 4.69) is 20.4 Å². The fraction of sp³-hybridized carbons (Fsp3) is 0.353. The van der Waals surface area contributed by atoms with E-state index in [4.69, 9.17) is 4.74 Å². The van der Waals surface area contributed by atoms with Crippen LogP contribution in [0.1, 0.15) is 13.3 Å². The molecule has 2 aromatic rings. The molecule has 3 rings (SSSR count). The summed E-state index contributed by atoms with van der Waals surface area (Å²) in [7, 11) is 0. The highest BCUT2D eigenvalue weighted by molar-refractivity contribution is 5.91. The van der Waals surface area contributed by atoms with Gasteiger partial charge in [-0.25, -0.2) is 0 Å². The van der Waals surface area contributed by atoms with Crippen molar-refractivity contribution in [2.24, 2.45) is 0 Å². The Labute approximate surface area is 135 Å². The molecule has 0 spiro atoms. The van der Waals surface area contributed by atoms with E-state index in [9.17, 15) is 4.79 Å². The molecule has 1 aliphatic heterocycles. The average molecular weight is 312 g/mol. The average Bonchev–Trinajstić information content (AvgIpc) is 2.63. The Kier molecular flexibility index (Phi) is 4.83. The van der Waals surface area contributed by atoms with Crippen molar-refractivity contribution in [1.29, 1.82) is 0 Å². The summed E-state index contributed by atoms with van der Waals surface area (Å²) in [5, 5.41) is 11.5. The summed E-state index contributed by atoms with van der Waals surface area (Å²) in [6.45, 7) is 4.96. The van der Waals surface area contributed by atoms with Crippen LogP contribution in [0, 0.1) is 0 Å². The second kappa shape index (κ2) is 7.19. The molecule has 0 aliphatic carbocycles. The van der Waals surface area contributed by atoms with E-state index in [1.165, 1.54) is 0 Å². The lowest BCUT2D eigenvalue weighted by Gasteiger charge is -2.27. The molecule has 120 valence electrons. The van der Waals surface area contributed by atoms with Gasteiger partial charge in [-0.2, -0.15) is 0 Å². The summed E-state index contributed by atoms with van der Waals surface area (Å²) in [5.41, 5.74) is 2.49. The number of hydrogen-bond donors (Lipinski definition) is 1. The summed E-state index contributed by atoms with van der Waals surface area (Å²) >= 11 is 0. The standard InChI is InChI=1S/C17H20N4O2/c1-2-17(22)18-14-5-3-4-13(12-14)15-6-7-16(20-19-15)21-8-10-23-11-9-21/h3-7,12H,2,8-11H2,1H3,(H,18,22). The van der Waals surface area contributed by atoms with Gasteiger partial charge in [0.1, 0.15) is 0 Å². The molecule has 2 heterocycles. The van der Waals surface area contributed by atoms with Gasteiger partial charge in [-0.1, -0.05) is 19.1 Å². The number of nitrogens with zero attached hydrogens (tertiary/aromatic N) is 3. The molecule has 6 nitrogen and oxygen atoms in total. The van der Waals surface area contributed by atoms with E-state index in [1.807, 2.05) is 43.3 Å². The molecule has 1 saturated heterocycles. The maximum atomic E-state index is 11.5. The number of ether oxygens (including phenoxy) is 1. The summed E-state index contributed by atoms with van der Waals surface area (Å²) in [6, 6.07) is 11.6. The van der Waals surface area contributed by atoms with Crippen LogP contribution in [0.3, 0.4) is 0 Å². The van der Waals surface area contributed by atoms with Crippen LogP contribution in [0.15, 0.2) is 36.4 Å².